The van der Waals surface area contributed by atoms with Crippen LogP contribution in [0.3, 0.4) is 0 Å². The summed E-state index contributed by atoms with van der Waals surface area (Å²) in [4.78, 5) is 0. The van der Waals surface area contributed by atoms with Gasteiger partial charge in [0, 0.05) is 6.42 Å². The molecule has 1 aromatic rings. The van der Waals surface area contributed by atoms with Crippen LogP contribution in [0.1, 0.15) is 5.56 Å². The highest BCUT2D eigenvalue weighted by Crippen LogP contribution is 2.30. The van der Waals surface area contributed by atoms with Gasteiger partial charge >= 0.3 is 6.36 Å². The van der Waals surface area contributed by atoms with Crippen molar-refractivity contribution < 1.29 is 17.9 Å². The molecule has 0 fully saturated rings. The molecule has 1 aromatic carbocycles. The van der Waals surface area contributed by atoms with Crippen molar-refractivity contribution in [1.82, 2.24) is 0 Å². The second-order valence-corrected chi connectivity index (χ2v) is 3.10. The van der Waals surface area contributed by atoms with Crippen LogP contribution in [0, 0.1) is 12.3 Å². The van der Waals surface area contributed by atoms with Gasteiger partial charge in [0.2, 0.25) is 0 Å². The van der Waals surface area contributed by atoms with E-state index in [9.17, 15) is 13.2 Å². The highest BCUT2D eigenvalue weighted by Gasteiger charge is 2.31. The molecule has 1 rings (SSSR count). The molecule has 0 aliphatic rings. The molecule has 0 heterocycles. The monoisotopic (exact) mass is 234 g/mol. The number of benzene rings is 1. The largest absolute Gasteiger partial charge is 0.573 e. The van der Waals surface area contributed by atoms with E-state index in [0.717, 1.165) is 6.07 Å². The normalized spacial score (nSPS) is 10.9. The molecule has 0 aliphatic carbocycles. The molecule has 0 radical (unpaired) electrons. The Morgan fingerprint density at radius 1 is 1.40 bits per heavy atom. The number of hydrogen-bond donors (Lipinski definition) is 0. The predicted octanol–water partition coefficient (Wildman–Crippen LogP) is 3.41. The van der Waals surface area contributed by atoms with Crippen molar-refractivity contribution in [3.05, 3.63) is 28.8 Å². The Hall–Kier alpha value is -1.34. The van der Waals surface area contributed by atoms with Gasteiger partial charge in [-0.25, -0.2) is 0 Å². The first-order valence-corrected chi connectivity index (χ1v) is 4.28. The molecule has 0 aliphatic heterocycles. The molecule has 0 atom stereocenters. The third kappa shape index (κ3) is 3.72. The molecular weight excluding hydrogens is 229 g/mol. The third-order valence-corrected chi connectivity index (χ3v) is 1.82. The number of alkyl halides is 3. The molecule has 0 saturated carbocycles. The Balaban J connectivity index is 2.89. The van der Waals surface area contributed by atoms with Gasteiger partial charge in [0.1, 0.15) is 5.75 Å². The third-order valence-electron chi connectivity index (χ3n) is 1.53. The molecule has 15 heavy (non-hydrogen) atoms. The van der Waals surface area contributed by atoms with Gasteiger partial charge in [-0.2, -0.15) is 0 Å². The minimum absolute atomic E-state index is 0.111. The summed E-state index contributed by atoms with van der Waals surface area (Å²) >= 11 is 5.58. The molecule has 0 aromatic heterocycles. The quantitative estimate of drug-likeness (QED) is 0.713. The lowest BCUT2D eigenvalue weighted by Gasteiger charge is -2.10. The molecule has 80 valence electrons. The summed E-state index contributed by atoms with van der Waals surface area (Å²) in [5.74, 6) is 1.93. The van der Waals surface area contributed by atoms with Crippen LogP contribution in [0.2, 0.25) is 5.02 Å². The first kappa shape index (κ1) is 11.7. The average molecular weight is 235 g/mol. The van der Waals surface area contributed by atoms with Crippen LogP contribution >= 0.6 is 11.6 Å². The first-order chi connectivity index (χ1) is 6.92. The van der Waals surface area contributed by atoms with Crippen LogP contribution in [0.5, 0.6) is 5.75 Å². The molecule has 0 N–H and O–H groups in total. The van der Waals surface area contributed by atoms with Gasteiger partial charge in [0.05, 0.1) is 5.02 Å². The van der Waals surface area contributed by atoms with E-state index in [2.05, 4.69) is 10.7 Å². The topological polar surface area (TPSA) is 9.23 Å². The molecule has 5 heteroatoms. The summed E-state index contributed by atoms with van der Waals surface area (Å²) in [5.41, 5.74) is 0.664. The zero-order valence-electron chi connectivity index (χ0n) is 7.44. The van der Waals surface area contributed by atoms with Gasteiger partial charge in [0.25, 0.3) is 0 Å². The number of hydrogen-bond acceptors (Lipinski definition) is 1. The lowest BCUT2D eigenvalue weighted by molar-refractivity contribution is -0.274. The van der Waals surface area contributed by atoms with Crippen LogP contribution in [-0.2, 0) is 6.42 Å². The fraction of sp³-hybridized carbons (Fsp3) is 0.200. The van der Waals surface area contributed by atoms with E-state index in [-0.39, 0.29) is 5.02 Å². The summed E-state index contributed by atoms with van der Waals surface area (Å²) in [6, 6.07) is 3.93. The van der Waals surface area contributed by atoms with Crippen molar-refractivity contribution in [1.29, 1.82) is 0 Å². The summed E-state index contributed by atoms with van der Waals surface area (Å²) in [5, 5.41) is -0.111. The SMILES string of the molecule is C#CCc1ccc(OC(F)(F)F)c(Cl)c1. The molecule has 1 nitrogen and oxygen atoms in total. The van der Waals surface area contributed by atoms with E-state index in [0.29, 0.717) is 12.0 Å². The van der Waals surface area contributed by atoms with Gasteiger partial charge in [-0.15, -0.1) is 25.5 Å². The Morgan fingerprint density at radius 2 is 2.07 bits per heavy atom. The molecule has 0 bridgehead atoms. The van der Waals surface area contributed by atoms with E-state index < -0.39 is 12.1 Å². The van der Waals surface area contributed by atoms with Gasteiger partial charge in [-0.05, 0) is 17.7 Å². The zero-order chi connectivity index (χ0) is 11.5. The average Bonchev–Trinajstić information content (AvgIpc) is 2.08. The summed E-state index contributed by atoms with van der Waals surface area (Å²) < 4.78 is 39.3. The molecular formula is C10H6ClF3O. The standard InChI is InChI=1S/C10H6ClF3O/c1-2-3-7-4-5-9(8(11)6-7)15-10(12,13)14/h1,4-6H,3H2. The number of rotatable bonds is 2. The summed E-state index contributed by atoms with van der Waals surface area (Å²) in [6.07, 6.45) is 0.619. The molecule has 0 unspecified atom stereocenters. The number of halogens is 4. The Bertz CT molecular complexity index is 393. The van der Waals surface area contributed by atoms with Crippen LogP contribution in [0.15, 0.2) is 18.2 Å². The van der Waals surface area contributed by atoms with Crippen molar-refractivity contribution in [2.75, 3.05) is 0 Å². The van der Waals surface area contributed by atoms with Gasteiger partial charge < -0.3 is 4.74 Å². The van der Waals surface area contributed by atoms with Gasteiger partial charge in [-0.3, -0.25) is 0 Å². The van der Waals surface area contributed by atoms with Crippen molar-refractivity contribution >= 4 is 11.6 Å². The van der Waals surface area contributed by atoms with Crippen molar-refractivity contribution in [2.45, 2.75) is 12.8 Å². The second-order valence-electron chi connectivity index (χ2n) is 2.69. The second kappa shape index (κ2) is 4.45. The Morgan fingerprint density at radius 3 is 2.53 bits per heavy atom. The van der Waals surface area contributed by atoms with Crippen LogP contribution in [0.25, 0.3) is 0 Å². The van der Waals surface area contributed by atoms with E-state index in [1.807, 2.05) is 0 Å². The Labute approximate surface area is 89.8 Å². The number of terminal acetylenes is 1. The highest BCUT2D eigenvalue weighted by atomic mass is 35.5. The van der Waals surface area contributed by atoms with Crippen LogP contribution in [-0.4, -0.2) is 6.36 Å². The zero-order valence-corrected chi connectivity index (χ0v) is 8.19. The summed E-state index contributed by atoms with van der Waals surface area (Å²) in [6.45, 7) is 0. The predicted molar refractivity (Wildman–Crippen MR) is 50.7 cm³/mol. The Kier molecular flexibility index (Phi) is 3.48. The molecule has 0 saturated heterocycles. The number of ether oxygens (including phenoxy) is 1. The smallest absolute Gasteiger partial charge is 0.404 e. The van der Waals surface area contributed by atoms with Crippen LogP contribution < -0.4 is 4.74 Å². The highest BCUT2D eigenvalue weighted by molar-refractivity contribution is 6.32. The molecule has 0 spiro atoms. The van der Waals surface area contributed by atoms with E-state index in [1.165, 1.54) is 12.1 Å². The fourth-order valence-corrected chi connectivity index (χ4v) is 1.22. The van der Waals surface area contributed by atoms with Crippen molar-refractivity contribution in [3.8, 4) is 18.1 Å². The summed E-state index contributed by atoms with van der Waals surface area (Å²) in [7, 11) is 0. The van der Waals surface area contributed by atoms with Crippen LogP contribution in [0.4, 0.5) is 13.2 Å². The molecule has 0 amide bonds. The van der Waals surface area contributed by atoms with E-state index in [4.69, 9.17) is 18.0 Å². The lowest BCUT2D eigenvalue weighted by Crippen LogP contribution is -2.17. The van der Waals surface area contributed by atoms with Gasteiger partial charge in [0.15, 0.2) is 0 Å². The minimum Gasteiger partial charge on any atom is -0.404 e. The minimum atomic E-state index is -4.74. The van der Waals surface area contributed by atoms with E-state index in [1.54, 1.807) is 0 Å². The van der Waals surface area contributed by atoms with Gasteiger partial charge in [-0.1, -0.05) is 17.7 Å². The first-order valence-electron chi connectivity index (χ1n) is 3.90. The fourth-order valence-electron chi connectivity index (χ4n) is 0.980. The van der Waals surface area contributed by atoms with Crippen molar-refractivity contribution in [2.24, 2.45) is 0 Å². The maximum absolute atomic E-state index is 11.9. The van der Waals surface area contributed by atoms with Crippen molar-refractivity contribution in [3.63, 3.8) is 0 Å². The maximum Gasteiger partial charge on any atom is 0.573 e. The maximum atomic E-state index is 11.9. The lowest BCUT2D eigenvalue weighted by atomic mass is 10.1. The van der Waals surface area contributed by atoms with E-state index >= 15 is 0 Å².